The van der Waals surface area contributed by atoms with Gasteiger partial charge in [0.2, 0.25) is 11.8 Å². The molecular formula is C22H28N4O4. The predicted molar refractivity (Wildman–Crippen MR) is 110 cm³/mol. The topological polar surface area (TPSA) is 108 Å². The summed E-state index contributed by atoms with van der Waals surface area (Å²) in [5.74, 6) is -1.91. The monoisotopic (exact) mass is 412 g/mol. The number of hydrogen-bond acceptors (Lipinski definition) is 6. The molecule has 3 aliphatic rings. The molecule has 2 atom stereocenters. The number of hydrogen-bond donors (Lipinski definition) is 3. The number of carbonyl (C=O) groups excluding carboxylic acids is 4. The van der Waals surface area contributed by atoms with Crippen molar-refractivity contribution in [2.75, 3.05) is 13.1 Å². The highest BCUT2D eigenvalue weighted by Crippen LogP contribution is 2.29. The summed E-state index contributed by atoms with van der Waals surface area (Å²) in [5.41, 5.74) is 1.89. The zero-order chi connectivity index (χ0) is 21.5. The lowest BCUT2D eigenvalue weighted by atomic mass is 9.82. The molecule has 4 amide bonds. The highest BCUT2D eigenvalue weighted by Gasteiger charge is 2.44. The van der Waals surface area contributed by atoms with Gasteiger partial charge < -0.3 is 10.6 Å². The van der Waals surface area contributed by atoms with Gasteiger partial charge in [0.1, 0.15) is 6.04 Å². The maximum atomic E-state index is 12.9. The van der Waals surface area contributed by atoms with Crippen LogP contribution in [0.4, 0.5) is 0 Å². The lowest BCUT2D eigenvalue weighted by Gasteiger charge is -2.35. The van der Waals surface area contributed by atoms with E-state index in [0.29, 0.717) is 29.1 Å². The third-order valence-corrected chi connectivity index (χ3v) is 6.26. The molecule has 0 bridgehead atoms. The Kier molecular flexibility index (Phi) is 5.46. The minimum Gasteiger partial charge on any atom is -0.312 e. The Labute approximate surface area is 175 Å². The Morgan fingerprint density at radius 2 is 1.87 bits per heavy atom. The van der Waals surface area contributed by atoms with Crippen LogP contribution in [0.15, 0.2) is 18.2 Å². The summed E-state index contributed by atoms with van der Waals surface area (Å²) < 4.78 is 0. The van der Waals surface area contributed by atoms with E-state index in [2.05, 4.69) is 29.8 Å². The first-order valence-electron chi connectivity index (χ1n) is 10.5. The minimum atomic E-state index is -0.932. The second kappa shape index (κ2) is 7.92. The molecule has 160 valence electrons. The summed E-state index contributed by atoms with van der Waals surface area (Å²) in [6.07, 6.45) is 2.59. The van der Waals surface area contributed by atoms with Crippen molar-refractivity contribution in [2.45, 2.75) is 58.2 Å². The minimum absolute atomic E-state index is 0.116. The summed E-state index contributed by atoms with van der Waals surface area (Å²) in [4.78, 5) is 50.1. The summed E-state index contributed by atoms with van der Waals surface area (Å²) in [5, 5.41) is 9.21. The van der Waals surface area contributed by atoms with Crippen LogP contribution in [0.2, 0.25) is 0 Å². The van der Waals surface area contributed by atoms with Crippen LogP contribution in [0.5, 0.6) is 0 Å². The van der Waals surface area contributed by atoms with Crippen molar-refractivity contribution in [3.63, 3.8) is 0 Å². The Hall–Kier alpha value is -2.58. The van der Waals surface area contributed by atoms with Crippen LogP contribution in [-0.4, -0.2) is 53.7 Å². The fourth-order valence-electron chi connectivity index (χ4n) is 4.37. The van der Waals surface area contributed by atoms with Gasteiger partial charge in [0.05, 0.1) is 11.1 Å². The van der Waals surface area contributed by atoms with Crippen molar-refractivity contribution in [2.24, 2.45) is 5.41 Å². The van der Waals surface area contributed by atoms with Crippen LogP contribution in [0.1, 0.15) is 65.8 Å². The molecule has 1 aromatic carbocycles. The van der Waals surface area contributed by atoms with Crippen molar-refractivity contribution in [3.05, 3.63) is 34.9 Å². The molecule has 0 spiro atoms. The number of rotatable bonds is 5. The molecule has 30 heavy (non-hydrogen) atoms. The number of benzene rings is 1. The largest absolute Gasteiger partial charge is 0.312 e. The number of amides is 4. The smallest absolute Gasteiger partial charge is 0.262 e. The van der Waals surface area contributed by atoms with E-state index < -0.39 is 23.8 Å². The Morgan fingerprint density at radius 3 is 2.57 bits per heavy atom. The Bertz CT molecular complexity index is 900. The summed E-state index contributed by atoms with van der Waals surface area (Å²) in [6, 6.07) is 4.71. The zero-order valence-corrected chi connectivity index (χ0v) is 17.4. The van der Waals surface area contributed by atoms with Crippen molar-refractivity contribution < 1.29 is 19.2 Å². The van der Waals surface area contributed by atoms with Gasteiger partial charge in [-0.05, 0) is 42.4 Å². The van der Waals surface area contributed by atoms with Gasteiger partial charge in [-0.1, -0.05) is 19.9 Å². The van der Waals surface area contributed by atoms with Crippen LogP contribution in [0.3, 0.4) is 0 Å². The van der Waals surface area contributed by atoms with E-state index in [4.69, 9.17) is 0 Å². The quantitative estimate of drug-likeness (QED) is 0.622. The van der Waals surface area contributed by atoms with Crippen molar-refractivity contribution in [3.8, 4) is 0 Å². The average molecular weight is 412 g/mol. The molecule has 3 N–H and O–H groups in total. The van der Waals surface area contributed by atoms with Crippen molar-refractivity contribution in [1.29, 1.82) is 0 Å². The number of piperidine rings is 2. The fourth-order valence-corrected chi connectivity index (χ4v) is 4.37. The molecule has 3 aliphatic heterocycles. The fraction of sp³-hybridized carbons (Fsp3) is 0.545. The maximum Gasteiger partial charge on any atom is 0.262 e. The Balaban J connectivity index is 1.38. The van der Waals surface area contributed by atoms with Gasteiger partial charge in [0.15, 0.2) is 0 Å². The van der Waals surface area contributed by atoms with E-state index in [1.807, 2.05) is 6.07 Å². The second-order valence-corrected chi connectivity index (χ2v) is 9.24. The van der Waals surface area contributed by atoms with Crippen molar-refractivity contribution >= 4 is 23.6 Å². The Morgan fingerprint density at radius 1 is 1.10 bits per heavy atom. The first-order valence-corrected chi connectivity index (χ1v) is 10.5. The predicted octanol–water partition coefficient (Wildman–Crippen LogP) is 0.956. The number of imide groups is 2. The third kappa shape index (κ3) is 4.02. The first-order chi connectivity index (χ1) is 14.2. The zero-order valence-electron chi connectivity index (χ0n) is 17.4. The van der Waals surface area contributed by atoms with Gasteiger partial charge in [-0.3, -0.25) is 29.4 Å². The van der Waals surface area contributed by atoms with Crippen LogP contribution >= 0.6 is 0 Å². The van der Waals surface area contributed by atoms with E-state index in [0.717, 1.165) is 30.0 Å². The van der Waals surface area contributed by atoms with Crippen molar-refractivity contribution in [1.82, 2.24) is 20.9 Å². The normalized spacial score (nSPS) is 26.0. The molecular weight excluding hydrogens is 384 g/mol. The van der Waals surface area contributed by atoms with E-state index in [-0.39, 0.29) is 18.7 Å². The van der Waals surface area contributed by atoms with Gasteiger partial charge in [0.25, 0.3) is 11.8 Å². The summed E-state index contributed by atoms with van der Waals surface area (Å²) in [7, 11) is 0. The van der Waals surface area contributed by atoms with Crippen LogP contribution in [0, 0.1) is 5.41 Å². The lowest BCUT2D eigenvalue weighted by Crippen LogP contribution is -2.54. The van der Waals surface area contributed by atoms with E-state index in [9.17, 15) is 19.2 Å². The molecule has 2 saturated heterocycles. The SMILES string of the molecule is CC1(C)CCC(CNCc2ccc3c(c2)C(=O)N(C2CCC(=O)NC2=O)C3=O)NC1. The van der Waals surface area contributed by atoms with Gasteiger partial charge >= 0.3 is 0 Å². The number of carbonyl (C=O) groups is 4. The van der Waals surface area contributed by atoms with E-state index >= 15 is 0 Å². The average Bonchev–Trinajstić information content (AvgIpc) is 2.94. The second-order valence-electron chi connectivity index (χ2n) is 9.24. The molecule has 8 nitrogen and oxygen atoms in total. The molecule has 0 aromatic heterocycles. The van der Waals surface area contributed by atoms with Gasteiger partial charge in [-0.25, -0.2) is 0 Å². The number of nitrogens with one attached hydrogen (secondary N) is 3. The standard InChI is InChI=1S/C22H28N4O4/c1-22(2)8-7-14(24-12-22)11-23-10-13-3-4-15-16(9-13)21(30)26(20(15)29)17-5-6-18(27)25-19(17)28/h3-4,9,14,17,23-24H,5-8,10-12H2,1-2H3,(H,25,27,28). The molecule has 2 fully saturated rings. The molecule has 4 rings (SSSR count). The van der Waals surface area contributed by atoms with Gasteiger partial charge in [0, 0.05) is 32.1 Å². The summed E-state index contributed by atoms with van der Waals surface area (Å²) in [6.45, 7) is 6.97. The molecule has 0 aliphatic carbocycles. The number of nitrogens with zero attached hydrogens (tertiary/aromatic N) is 1. The lowest BCUT2D eigenvalue weighted by molar-refractivity contribution is -0.136. The van der Waals surface area contributed by atoms with Gasteiger partial charge in [-0.2, -0.15) is 0 Å². The highest BCUT2D eigenvalue weighted by molar-refractivity contribution is 6.23. The molecule has 0 saturated carbocycles. The maximum absolute atomic E-state index is 12.9. The molecule has 3 heterocycles. The van der Waals surface area contributed by atoms with Gasteiger partial charge in [-0.15, -0.1) is 0 Å². The van der Waals surface area contributed by atoms with Crippen LogP contribution in [-0.2, 0) is 16.1 Å². The number of fused-ring (bicyclic) bond motifs is 1. The molecule has 0 radical (unpaired) electrons. The van der Waals surface area contributed by atoms with E-state index in [1.54, 1.807) is 12.1 Å². The van der Waals surface area contributed by atoms with E-state index in [1.165, 1.54) is 6.42 Å². The van der Waals surface area contributed by atoms with Crippen LogP contribution in [0.25, 0.3) is 0 Å². The molecule has 2 unspecified atom stereocenters. The third-order valence-electron chi connectivity index (χ3n) is 6.26. The van der Waals surface area contributed by atoms with Crippen LogP contribution < -0.4 is 16.0 Å². The first kappa shape index (κ1) is 20.7. The summed E-state index contributed by atoms with van der Waals surface area (Å²) >= 11 is 0. The molecule has 1 aromatic rings. The highest BCUT2D eigenvalue weighted by atomic mass is 16.2. The molecule has 8 heteroatoms.